The molecule has 33 heavy (non-hydrogen) atoms. The molecule has 0 spiro atoms. The molecule has 1 aliphatic heterocycles. The summed E-state index contributed by atoms with van der Waals surface area (Å²) in [6.45, 7) is 1.55. The number of benzene rings is 2. The lowest BCUT2D eigenvalue weighted by Gasteiger charge is -2.46. The molecule has 8 heteroatoms. The van der Waals surface area contributed by atoms with Crippen molar-refractivity contribution in [3.63, 3.8) is 0 Å². The normalized spacial score (nSPS) is 18.2. The van der Waals surface area contributed by atoms with Crippen LogP contribution in [-0.4, -0.2) is 16.1 Å². The van der Waals surface area contributed by atoms with Gasteiger partial charge in [0, 0.05) is 30.7 Å². The van der Waals surface area contributed by atoms with Crippen LogP contribution >= 0.6 is 0 Å². The van der Waals surface area contributed by atoms with Gasteiger partial charge in [0.2, 0.25) is 0 Å². The Hall–Kier alpha value is -3.49. The van der Waals surface area contributed by atoms with Crippen LogP contribution in [0.15, 0.2) is 78.1 Å². The van der Waals surface area contributed by atoms with Gasteiger partial charge in [0.25, 0.3) is 0 Å². The molecule has 4 rings (SSSR count). The third-order valence-electron chi connectivity index (χ3n) is 5.89. The Morgan fingerprint density at radius 1 is 1.12 bits per heavy atom. The fourth-order valence-electron chi connectivity index (χ4n) is 4.42. The molecule has 0 fully saturated rings. The zero-order chi connectivity index (χ0) is 23.8. The Balaban J connectivity index is 1.87. The average molecular weight is 454 g/mol. The predicted octanol–water partition coefficient (Wildman–Crippen LogP) is 6.08. The van der Waals surface area contributed by atoms with Gasteiger partial charge < -0.3 is 10.3 Å². The second-order valence-corrected chi connectivity index (χ2v) is 7.86. The number of rotatable bonds is 5. The molecule has 170 valence electrons. The number of carboxylic acids is 1. The number of pyridine rings is 1. The van der Waals surface area contributed by atoms with E-state index in [2.05, 4.69) is 4.98 Å². The fourth-order valence-corrected chi connectivity index (χ4v) is 4.42. The largest absolute Gasteiger partial charge is 0.622 e. The van der Waals surface area contributed by atoms with E-state index < -0.39 is 22.4 Å². The molecular weight excluding hydrogens is 433 g/mol. The summed E-state index contributed by atoms with van der Waals surface area (Å²) in [5, 5.41) is 24.2. The van der Waals surface area contributed by atoms with Gasteiger partial charge in [0.05, 0.1) is 5.56 Å². The number of quaternary nitrogens is 1. The summed E-state index contributed by atoms with van der Waals surface area (Å²) in [6.07, 6.45) is -2.73. The van der Waals surface area contributed by atoms with Gasteiger partial charge in [-0.3, -0.25) is 9.63 Å². The number of aliphatic carboxylic acids is 1. The summed E-state index contributed by atoms with van der Waals surface area (Å²) in [5.74, 6) is -1.17. The Labute approximate surface area is 188 Å². The molecule has 1 unspecified atom stereocenters. The van der Waals surface area contributed by atoms with Gasteiger partial charge in [-0.1, -0.05) is 43.3 Å². The molecule has 2 heterocycles. The van der Waals surface area contributed by atoms with Crippen LogP contribution in [0.5, 0.6) is 0 Å². The highest BCUT2D eigenvalue weighted by atomic mass is 19.4. The van der Waals surface area contributed by atoms with Crippen molar-refractivity contribution < 1.29 is 23.1 Å². The maximum Gasteiger partial charge on any atom is 0.416 e. The minimum Gasteiger partial charge on any atom is -0.622 e. The van der Waals surface area contributed by atoms with Crippen LogP contribution in [-0.2, 0) is 23.9 Å². The van der Waals surface area contributed by atoms with Crippen LogP contribution < -0.4 is 4.65 Å². The van der Waals surface area contributed by atoms with E-state index in [1.54, 1.807) is 49.4 Å². The van der Waals surface area contributed by atoms with Crippen LogP contribution in [0.1, 0.15) is 30.2 Å². The molecule has 1 atom stereocenters. The van der Waals surface area contributed by atoms with Crippen molar-refractivity contribution >= 4 is 11.7 Å². The fraction of sp³-hybridized carbons (Fsp3) is 0.200. The topological polar surface area (TPSA) is 73.2 Å². The van der Waals surface area contributed by atoms with Gasteiger partial charge >= 0.3 is 12.1 Å². The van der Waals surface area contributed by atoms with E-state index in [1.165, 1.54) is 12.3 Å². The molecule has 0 amide bonds. The van der Waals surface area contributed by atoms with Crippen LogP contribution in [0.25, 0.3) is 11.1 Å². The number of fused-ring (bicyclic) bond motifs is 1. The molecule has 5 nitrogen and oxygen atoms in total. The van der Waals surface area contributed by atoms with Gasteiger partial charge in [0.1, 0.15) is 23.5 Å². The summed E-state index contributed by atoms with van der Waals surface area (Å²) in [4.78, 5) is 16.2. The lowest BCUT2D eigenvalue weighted by molar-refractivity contribution is -0.137. The van der Waals surface area contributed by atoms with E-state index >= 15 is 0 Å². The van der Waals surface area contributed by atoms with Gasteiger partial charge in [-0.05, 0) is 29.3 Å². The molecule has 0 saturated carbocycles. The molecule has 0 bridgehead atoms. The first-order valence-electron chi connectivity index (χ1n) is 10.4. The molecule has 0 aliphatic carbocycles. The number of alkyl halides is 3. The summed E-state index contributed by atoms with van der Waals surface area (Å²) < 4.78 is 38.8. The zero-order valence-corrected chi connectivity index (χ0v) is 17.8. The molecule has 1 aliphatic rings. The first-order chi connectivity index (χ1) is 15.6. The highest BCUT2D eigenvalue weighted by Gasteiger charge is 2.39. The summed E-state index contributed by atoms with van der Waals surface area (Å²) in [7, 11) is 0. The quantitative estimate of drug-likeness (QED) is 0.375. The van der Waals surface area contributed by atoms with E-state index in [9.17, 15) is 28.3 Å². The van der Waals surface area contributed by atoms with E-state index in [1.807, 2.05) is 0 Å². The lowest BCUT2D eigenvalue weighted by atomic mass is 9.94. The average Bonchev–Trinajstić information content (AvgIpc) is 2.79. The minimum atomic E-state index is -4.50. The Bertz CT molecular complexity index is 1250. The number of allylic oxidation sites excluding steroid dienone is 1. The maximum absolute atomic E-state index is 14.4. The smallest absolute Gasteiger partial charge is 0.416 e. The second kappa shape index (κ2) is 8.46. The Morgan fingerprint density at radius 2 is 1.88 bits per heavy atom. The predicted molar refractivity (Wildman–Crippen MR) is 119 cm³/mol. The van der Waals surface area contributed by atoms with Crippen LogP contribution in [0.4, 0.5) is 18.9 Å². The van der Waals surface area contributed by atoms with Crippen molar-refractivity contribution in [1.82, 2.24) is 9.63 Å². The van der Waals surface area contributed by atoms with Gasteiger partial charge in [0.15, 0.2) is 5.69 Å². The number of nitrogens with zero attached hydrogens (tertiary/aromatic N) is 2. The van der Waals surface area contributed by atoms with Crippen molar-refractivity contribution in [2.24, 2.45) is 0 Å². The Morgan fingerprint density at radius 3 is 2.58 bits per heavy atom. The van der Waals surface area contributed by atoms with E-state index in [0.717, 1.165) is 12.1 Å². The van der Waals surface area contributed by atoms with Crippen molar-refractivity contribution in [1.29, 1.82) is 0 Å². The number of hydrogen-bond donors (Lipinski definition) is 1. The molecule has 2 aromatic carbocycles. The van der Waals surface area contributed by atoms with Crippen LogP contribution in [0.2, 0.25) is 0 Å². The second-order valence-electron chi connectivity index (χ2n) is 7.86. The third-order valence-corrected chi connectivity index (χ3v) is 5.89. The Kier molecular flexibility index (Phi) is 5.82. The SMILES string of the molecule is CCC1=C(C(=O)O)Cc2ncccc2[N+]1([O-])Cc1ccccc1-c1cccc(C(F)(F)F)c1. The molecule has 1 N–H and O–H groups in total. The number of carbonyl (C=O) groups is 1. The van der Waals surface area contributed by atoms with Crippen molar-refractivity contribution in [3.05, 3.63) is 100 Å². The van der Waals surface area contributed by atoms with E-state index in [-0.39, 0.29) is 30.7 Å². The highest BCUT2D eigenvalue weighted by Crippen LogP contribution is 2.42. The van der Waals surface area contributed by atoms with Crippen LogP contribution in [0, 0.1) is 5.21 Å². The monoisotopic (exact) mass is 454 g/mol. The zero-order valence-electron chi connectivity index (χ0n) is 17.8. The number of hydroxylamine groups is 2. The lowest BCUT2D eigenvalue weighted by Crippen LogP contribution is -2.46. The summed E-state index contributed by atoms with van der Waals surface area (Å²) in [5.41, 5.74) is 1.50. The highest BCUT2D eigenvalue weighted by molar-refractivity contribution is 5.90. The molecule has 3 aromatic rings. The van der Waals surface area contributed by atoms with E-state index in [4.69, 9.17) is 0 Å². The third kappa shape index (κ3) is 4.15. The molecule has 1 aromatic heterocycles. The number of halogens is 3. The summed E-state index contributed by atoms with van der Waals surface area (Å²) >= 11 is 0. The minimum absolute atomic E-state index is 0.00949. The standard InChI is InChI=1S/C25H21F3N2O3/c1-2-22-20(24(31)32)14-21-23(11-6-12-29-21)30(22,33)15-17-7-3-4-10-19(17)16-8-5-9-18(13-16)25(26,27)28/h3-13H,2,14-15H2,1H3,(H,31,32). The van der Waals surface area contributed by atoms with Gasteiger partial charge in [-0.15, -0.1) is 0 Å². The van der Waals surface area contributed by atoms with Crippen molar-refractivity contribution in [2.75, 3.05) is 0 Å². The van der Waals surface area contributed by atoms with Crippen molar-refractivity contribution in [2.45, 2.75) is 32.5 Å². The maximum atomic E-state index is 14.4. The molecular formula is C25H21F3N2O3. The van der Waals surface area contributed by atoms with E-state index in [0.29, 0.717) is 28.1 Å². The number of hydrogen-bond acceptors (Lipinski definition) is 3. The molecule has 0 saturated heterocycles. The molecule has 0 radical (unpaired) electrons. The van der Waals surface area contributed by atoms with Gasteiger partial charge in [-0.25, -0.2) is 4.79 Å². The van der Waals surface area contributed by atoms with Gasteiger partial charge in [-0.2, -0.15) is 13.2 Å². The summed E-state index contributed by atoms with van der Waals surface area (Å²) in [6, 6.07) is 15.0. The van der Waals surface area contributed by atoms with Crippen molar-refractivity contribution in [3.8, 4) is 11.1 Å². The number of carboxylic acid groups (broad SMARTS) is 1. The first kappa shape index (κ1) is 22.7. The first-order valence-corrected chi connectivity index (χ1v) is 10.4. The van der Waals surface area contributed by atoms with Crippen LogP contribution in [0.3, 0.4) is 0 Å². The number of aromatic nitrogens is 1.